The van der Waals surface area contributed by atoms with Crippen LogP contribution in [0.2, 0.25) is 0 Å². The van der Waals surface area contributed by atoms with Crippen molar-refractivity contribution in [2.45, 2.75) is 18.6 Å². The molecule has 2 aromatic carbocycles. The van der Waals surface area contributed by atoms with Crippen LogP contribution in [0.25, 0.3) is 22.5 Å². The van der Waals surface area contributed by atoms with Crippen LogP contribution in [-0.2, 0) is 16.1 Å². The van der Waals surface area contributed by atoms with Crippen molar-refractivity contribution < 1.29 is 23.8 Å². The van der Waals surface area contributed by atoms with Crippen LogP contribution in [0.5, 0.6) is 11.5 Å². The number of thioether (sulfide) groups is 1. The first-order chi connectivity index (χ1) is 18.0. The zero-order valence-electron chi connectivity index (χ0n) is 20.8. The summed E-state index contributed by atoms with van der Waals surface area (Å²) in [6.45, 7) is 2.59. The SMILES string of the molecule is CCn1c(SCC(=O)Nc2scc(-c3ccccc3)c2C(=O)OC)nnc1-c1ccc(OC)c(OC)c1. The lowest BCUT2D eigenvalue weighted by Crippen LogP contribution is -2.16. The van der Waals surface area contributed by atoms with Gasteiger partial charge in [0, 0.05) is 23.1 Å². The maximum Gasteiger partial charge on any atom is 0.341 e. The topological polar surface area (TPSA) is 105 Å². The fourth-order valence-electron chi connectivity index (χ4n) is 3.75. The lowest BCUT2D eigenvalue weighted by molar-refractivity contribution is -0.113. The lowest BCUT2D eigenvalue weighted by Gasteiger charge is -2.11. The van der Waals surface area contributed by atoms with Gasteiger partial charge in [-0.15, -0.1) is 21.5 Å². The number of carbonyl (C=O) groups is 2. The number of methoxy groups -OCH3 is 3. The normalized spacial score (nSPS) is 10.7. The van der Waals surface area contributed by atoms with Gasteiger partial charge in [-0.1, -0.05) is 42.1 Å². The molecule has 0 saturated heterocycles. The first-order valence-corrected chi connectivity index (χ1v) is 13.2. The molecule has 0 aliphatic rings. The molecule has 0 unspecified atom stereocenters. The molecule has 0 atom stereocenters. The van der Waals surface area contributed by atoms with Crippen LogP contribution in [-0.4, -0.2) is 53.7 Å². The zero-order valence-corrected chi connectivity index (χ0v) is 22.4. The van der Waals surface area contributed by atoms with Crippen molar-refractivity contribution in [2.75, 3.05) is 32.4 Å². The number of anilines is 1. The number of carbonyl (C=O) groups excluding carboxylic acids is 2. The molecule has 4 rings (SSSR count). The predicted molar refractivity (Wildman–Crippen MR) is 145 cm³/mol. The molecular weight excluding hydrogens is 512 g/mol. The Labute approximate surface area is 222 Å². The van der Waals surface area contributed by atoms with E-state index < -0.39 is 5.97 Å². The number of hydrogen-bond acceptors (Lipinski definition) is 9. The van der Waals surface area contributed by atoms with E-state index in [9.17, 15) is 9.59 Å². The van der Waals surface area contributed by atoms with E-state index >= 15 is 0 Å². The molecule has 0 aliphatic carbocycles. The Morgan fingerprint density at radius 2 is 1.76 bits per heavy atom. The minimum atomic E-state index is -0.506. The molecule has 4 aromatic rings. The molecule has 1 N–H and O–H groups in total. The monoisotopic (exact) mass is 538 g/mol. The number of nitrogens with one attached hydrogen (secondary N) is 1. The molecule has 2 heterocycles. The molecular formula is C26H26N4O5S2. The van der Waals surface area contributed by atoms with Crippen LogP contribution < -0.4 is 14.8 Å². The second-order valence-corrected chi connectivity index (χ2v) is 9.49. The van der Waals surface area contributed by atoms with E-state index in [1.165, 1.54) is 30.2 Å². The standard InChI is InChI=1S/C26H26N4O5S2/c1-5-30-23(17-11-12-19(33-2)20(13-17)34-3)28-29-26(30)37-15-21(31)27-24-22(25(32)35-4)18(14-36-24)16-9-7-6-8-10-16/h6-14H,5,15H2,1-4H3,(H,27,31). The van der Waals surface area contributed by atoms with Crippen molar-refractivity contribution in [2.24, 2.45) is 0 Å². The van der Waals surface area contributed by atoms with Crippen LogP contribution in [0.1, 0.15) is 17.3 Å². The second kappa shape index (κ2) is 11.9. The minimum absolute atomic E-state index is 0.0866. The van der Waals surface area contributed by atoms with Crippen LogP contribution in [0.15, 0.2) is 59.1 Å². The van der Waals surface area contributed by atoms with E-state index in [2.05, 4.69) is 15.5 Å². The number of esters is 1. The summed E-state index contributed by atoms with van der Waals surface area (Å²) in [6, 6.07) is 15.0. The van der Waals surface area contributed by atoms with Gasteiger partial charge in [0.25, 0.3) is 0 Å². The Hall–Kier alpha value is -3.83. The zero-order chi connectivity index (χ0) is 26.4. The molecule has 0 aliphatic heterocycles. The molecule has 9 nitrogen and oxygen atoms in total. The van der Waals surface area contributed by atoms with Gasteiger partial charge in [-0.2, -0.15) is 0 Å². The van der Waals surface area contributed by atoms with Crippen LogP contribution in [0, 0.1) is 0 Å². The summed E-state index contributed by atoms with van der Waals surface area (Å²) in [4.78, 5) is 25.4. The fourth-order valence-corrected chi connectivity index (χ4v) is 5.52. The van der Waals surface area contributed by atoms with Gasteiger partial charge in [-0.05, 0) is 30.7 Å². The second-order valence-electron chi connectivity index (χ2n) is 7.67. The molecule has 192 valence electrons. The maximum absolute atomic E-state index is 12.9. The third kappa shape index (κ3) is 5.62. The number of hydrogen-bond donors (Lipinski definition) is 1. The third-order valence-corrected chi connectivity index (χ3v) is 7.39. The Morgan fingerprint density at radius 3 is 2.43 bits per heavy atom. The highest BCUT2D eigenvalue weighted by Gasteiger charge is 2.23. The first kappa shape index (κ1) is 26.2. The summed E-state index contributed by atoms with van der Waals surface area (Å²) >= 11 is 2.55. The van der Waals surface area contributed by atoms with Crippen LogP contribution in [0.4, 0.5) is 5.00 Å². The highest BCUT2D eigenvalue weighted by Crippen LogP contribution is 2.36. The summed E-state index contributed by atoms with van der Waals surface area (Å²) in [6.07, 6.45) is 0. The number of aromatic nitrogens is 3. The third-order valence-electron chi connectivity index (χ3n) is 5.53. The Bertz CT molecular complexity index is 1400. The fraction of sp³-hybridized carbons (Fsp3) is 0.231. The van der Waals surface area contributed by atoms with Gasteiger partial charge in [-0.3, -0.25) is 4.79 Å². The molecule has 0 spiro atoms. The van der Waals surface area contributed by atoms with E-state index in [1.807, 2.05) is 65.4 Å². The minimum Gasteiger partial charge on any atom is -0.493 e. The maximum atomic E-state index is 12.9. The number of amides is 1. The molecule has 0 radical (unpaired) electrons. The van der Waals surface area contributed by atoms with E-state index in [-0.39, 0.29) is 11.7 Å². The van der Waals surface area contributed by atoms with E-state index in [4.69, 9.17) is 14.2 Å². The van der Waals surface area contributed by atoms with Crippen molar-refractivity contribution in [3.8, 4) is 34.0 Å². The average molecular weight is 539 g/mol. The molecule has 0 saturated carbocycles. The largest absolute Gasteiger partial charge is 0.493 e. The summed E-state index contributed by atoms with van der Waals surface area (Å²) in [5, 5.41) is 14.4. The van der Waals surface area contributed by atoms with Crippen molar-refractivity contribution in [1.82, 2.24) is 14.8 Å². The molecule has 0 bridgehead atoms. The average Bonchev–Trinajstić information content (AvgIpc) is 3.55. The predicted octanol–water partition coefficient (Wildman–Crippen LogP) is 5.23. The van der Waals surface area contributed by atoms with Gasteiger partial charge in [0.2, 0.25) is 5.91 Å². The number of nitrogens with zero attached hydrogens (tertiary/aromatic N) is 3. The number of thiophene rings is 1. The number of ether oxygens (including phenoxy) is 3. The summed E-state index contributed by atoms with van der Waals surface area (Å²) in [5.74, 6) is 1.18. The molecule has 2 aromatic heterocycles. The van der Waals surface area contributed by atoms with Crippen LogP contribution in [0.3, 0.4) is 0 Å². The van der Waals surface area contributed by atoms with Crippen LogP contribution >= 0.6 is 23.1 Å². The number of rotatable bonds is 10. The van der Waals surface area contributed by atoms with Gasteiger partial charge < -0.3 is 24.1 Å². The van der Waals surface area contributed by atoms with E-state index in [0.29, 0.717) is 45.2 Å². The summed E-state index contributed by atoms with van der Waals surface area (Å²) < 4.78 is 17.6. The highest BCUT2D eigenvalue weighted by atomic mass is 32.2. The van der Waals surface area contributed by atoms with Crippen molar-refractivity contribution >= 4 is 40.0 Å². The molecule has 11 heteroatoms. The van der Waals surface area contributed by atoms with Gasteiger partial charge in [-0.25, -0.2) is 4.79 Å². The summed E-state index contributed by atoms with van der Waals surface area (Å²) in [7, 11) is 4.48. The summed E-state index contributed by atoms with van der Waals surface area (Å²) in [5.41, 5.74) is 2.74. The van der Waals surface area contributed by atoms with Gasteiger partial charge >= 0.3 is 5.97 Å². The lowest BCUT2D eigenvalue weighted by atomic mass is 10.0. The molecule has 1 amide bonds. The highest BCUT2D eigenvalue weighted by molar-refractivity contribution is 7.99. The smallest absolute Gasteiger partial charge is 0.341 e. The van der Waals surface area contributed by atoms with Crippen molar-refractivity contribution in [3.63, 3.8) is 0 Å². The molecule has 37 heavy (non-hydrogen) atoms. The van der Waals surface area contributed by atoms with Crippen molar-refractivity contribution in [3.05, 3.63) is 59.5 Å². The van der Waals surface area contributed by atoms with Gasteiger partial charge in [0.15, 0.2) is 22.5 Å². The first-order valence-electron chi connectivity index (χ1n) is 11.3. The quantitative estimate of drug-likeness (QED) is 0.216. The Balaban J connectivity index is 1.51. The van der Waals surface area contributed by atoms with Gasteiger partial charge in [0.1, 0.15) is 10.6 Å². The van der Waals surface area contributed by atoms with Crippen molar-refractivity contribution in [1.29, 1.82) is 0 Å². The van der Waals surface area contributed by atoms with Gasteiger partial charge in [0.05, 0.1) is 27.1 Å². The Morgan fingerprint density at radius 1 is 1.00 bits per heavy atom. The van der Waals surface area contributed by atoms with E-state index in [1.54, 1.807) is 14.2 Å². The van der Waals surface area contributed by atoms with E-state index in [0.717, 1.165) is 11.1 Å². The Kier molecular flexibility index (Phi) is 8.47. The molecule has 0 fully saturated rings. The number of benzene rings is 2.